The molecule has 0 saturated carbocycles. The molecule has 2 aromatic carbocycles. The molecular weight excluding hydrogens is 579 g/mol. The number of fused-ring (bicyclic) bond motifs is 1. The Morgan fingerprint density at radius 3 is 2.53 bits per heavy atom. The molecule has 0 spiro atoms. The summed E-state index contributed by atoms with van der Waals surface area (Å²) >= 11 is 3.05. The van der Waals surface area contributed by atoms with Crippen molar-refractivity contribution in [2.75, 3.05) is 6.61 Å². The van der Waals surface area contributed by atoms with E-state index >= 15 is 0 Å². The number of benzene rings is 2. The summed E-state index contributed by atoms with van der Waals surface area (Å²) in [6, 6.07) is 15.9. The van der Waals surface area contributed by atoms with Crippen LogP contribution in [0.5, 0.6) is 5.75 Å². The number of hydrogen-bond acceptors (Lipinski definition) is 6. The molecule has 4 rings (SSSR count). The van der Waals surface area contributed by atoms with Gasteiger partial charge in [-0.05, 0) is 51.8 Å². The van der Waals surface area contributed by atoms with Crippen LogP contribution >= 0.6 is 40.7 Å². The zero-order valence-electron chi connectivity index (χ0n) is 18.7. The second-order valence-electron chi connectivity index (χ2n) is 7.57. The molecule has 190 valence electrons. The maximum atomic E-state index is 14.0. The molecule has 2 aromatic heterocycles. The smallest absolute Gasteiger partial charge is 0.342 e. The van der Waals surface area contributed by atoms with Gasteiger partial charge in [-0.15, -0.1) is 24.8 Å². The molecule has 36 heavy (non-hydrogen) atoms. The molecule has 0 fully saturated rings. The molecule has 0 unspecified atom stereocenters. The van der Waals surface area contributed by atoms with Gasteiger partial charge < -0.3 is 15.2 Å². The molecule has 0 aliphatic carbocycles. The van der Waals surface area contributed by atoms with Gasteiger partial charge in [0, 0.05) is 23.5 Å². The van der Waals surface area contributed by atoms with E-state index in [1.807, 2.05) is 30.3 Å². The van der Waals surface area contributed by atoms with Crippen LogP contribution in [0.2, 0.25) is 0 Å². The van der Waals surface area contributed by atoms with E-state index in [1.165, 1.54) is 18.2 Å². The molecule has 2 heterocycles. The Kier molecular flexibility index (Phi) is 11.0. The third-order valence-electron chi connectivity index (χ3n) is 5.00. The molecule has 2 N–H and O–H groups in total. The van der Waals surface area contributed by atoms with Crippen molar-refractivity contribution in [3.05, 3.63) is 99.9 Å². The van der Waals surface area contributed by atoms with E-state index in [4.69, 9.17) is 15.2 Å². The average molecular weight is 601 g/mol. The Labute approximate surface area is 227 Å². The molecule has 0 radical (unpaired) electrons. The summed E-state index contributed by atoms with van der Waals surface area (Å²) in [5, 5.41) is 0.272. The van der Waals surface area contributed by atoms with Crippen molar-refractivity contribution in [3.63, 3.8) is 0 Å². The Bertz CT molecular complexity index is 1330. The highest BCUT2D eigenvalue weighted by Crippen LogP contribution is 2.29. The first-order valence-corrected chi connectivity index (χ1v) is 11.2. The maximum absolute atomic E-state index is 14.0. The van der Waals surface area contributed by atoms with Crippen LogP contribution in [0.1, 0.15) is 21.6 Å². The van der Waals surface area contributed by atoms with Crippen LogP contribution in [0.15, 0.2) is 71.5 Å². The van der Waals surface area contributed by atoms with Crippen molar-refractivity contribution in [1.82, 2.24) is 9.97 Å². The lowest BCUT2D eigenvalue weighted by Gasteiger charge is -2.17. The minimum atomic E-state index is -0.672. The third-order valence-corrected chi connectivity index (χ3v) is 5.55. The van der Waals surface area contributed by atoms with Gasteiger partial charge in [-0.1, -0.05) is 30.3 Å². The normalized spacial score (nSPS) is 11.2. The predicted octanol–water partition coefficient (Wildman–Crippen LogP) is 5.82. The fraction of sp³-hybridized carbons (Fsp3) is 0.160. The number of nitrogens with two attached hydrogens (primary N) is 1. The minimum Gasteiger partial charge on any atom is -0.491 e. The number of pyridine rings is 2. The quantitative estimate of drug-likeness (QED) is 0.203. The summed E-state index contributed by atoms with van der Waals surface area (Å²) in [5.41, 5.74) is 8.05. The molecule has 1 atom stereocenters. The minimum absolute atomic E-state index is 0. The van der Waals surface area contributed by atoms with Gasteiger partial charge >= 0.3 is 5.97 Å². The summed E-state index contributed by atoms with van der Waals surface area (Å²) in [7, 11) is 0. The highest BCUT2D eigenvalue weighted by atomic mass is 79.9. The fourth-order valence-corrected chi connectivity index (χ4v) is 3.73. The number of esters is 1. The monoisotopic (exact) mass is 599 g/mol. The van der Waals surface area contributed by atoms with E-state index in [1.54, 1.807) is 12.1 Å². The zero-order valence-corrected chi connectivity index (χ0v) is 21.9. The highest BCUT2D eigenvalue weighted by Gasteiger charge is 2.21. The molecule has 6 nitrogen and oxygen atoms in total. The first-order valence-electron chi connectivity index (χ1n) is 10.4. The van der Waals surface area contributed by atoms with Crippen LogP contribution in [-0.2, 0) is 17.8 Å². The molecule has 4 aromatic rings. The van der Waals surface area contributed by atoms with Crippen molar-refractivity contribution in [2.45, 2.75) is 19.1 Å². The Morgan fingerprint density at radius 2 is 1.81 bits per heavy atom. The van der Waals surface area contributed by atoms with E-state index in [0.717, 1.165) is 11.8 Å². The summed E-state index contributed by atoms with van der Waals surface area (Å²) in [6.45, 7) is 0.0762. The van der Waals surface area contributed by atoms with Crippen molar-refractivity contribution in [1.29, 1.82) is 0 Å². The number of rotatable bonds is 8. The summed E-state index contributed by atoms with van der Waals surface area (Å²) in [5.74, 6) is -1.54. The van der Waals surface area contributed by atoms with E-state index < -0.39 is 23.6 Å². The van der Waals surface area contributed by atoms with Crippen LogP contribution < -0.4 is 10.5 Å². The van der Waals surface area contributed by atoms with Crippen LogP contribution in [0.3, 0.4) is 0 Å². The van der Waals surface area contributed by atoms with E-state index in [9.17, 15) is 13.6 Å². The maximum Gasteiger partial charge on any atom is 0.342 e. The molecule has 0 saturated heterocycles. The predicted molar refractivity (Wildman–Crippen MR) is 141 cm³/mol. The lowest BCUT2D eigenvalue weighted by molar-refractivity contribution is 0.0470. The number of ether oxygens (including phenoxy) is 2. The first kappa shape index (κ1) is 29.4. The SMILES string of the molecule is Cl.Cl.N[C@@H](COc1ccc2ncc(F)cc2c1C(=O)OCc1ccccc1)Cc1ccc(F)c(Br)n1. The Balaban J connectivity index is 0.00000228. The molecule has 0 amide bonds. The van der Waals surface area contributed by atoms with Crippen molar-refractivity contribution in [2.24, 2.45) is 5.73 Å². The first-order chi connectivity index (χ1) is 16.4. The zero-order chi connectivity index (χ0) is 24.1. The average Bonchev–Trinajstić information content (AvgIpc) is 2.83. The van der Waals surface area contributed by atoms with E-state index in [0.29, 0.717) is 17.6 Å². The van der Waals surface area contributed by atoms with Crippen molar-refractivity contribution < 1.29 is 23.0 Å². The lowest BCUT2D eigenvalue weighted by atomic mass is 10.1. The van der Waals surface area contributed by atoms with E-state index in [2.05, 4.69) is 25.9 Å². The number of nitrogens with zero attached hydrogens (tertiary/aromatic N) is 2. The van der Waals surface area contributed by atoms with Gasteiger partial charge in [-0.25, -0.2) is 18.6 Å². The number of carbonyl (C=O) groups excluding carboxylic acids is 1. The summed E-state index contributed by atoms with van der Waals surface area (Å²) < 4.78 is 38.8. The van der Waals surface area contributed by atoms with Gasteiger partial charge in [0.1, 0.15) is 34.9 Å². The standard InChI is InChI=1S/C25H20BrF2N3O3.2ClH/c26-24-20(28)7-6-18(31-24)11-17(29)14-33-22-9-8-21-19(10-16(27)12-30-21)23(22)25(32)34-13-15-4-2-1-3-5-15;;/h1-10,12,17H,11,13-14,29H2;2*1H/t17-;;/m1../s1. The van der Waals surface area contributed by atoms with Gasteiger partial charge in [-0.2, -0.15) is 0 Å². The molecule has 0 aliphatic heterocycles. The van der Waals surface area contributed by atoms with Crippen LogP contribution in [0.4, 0.5) is 8.78 Å². The van der Waals surface area contributed by atoms with Crippen LogP contribution in [-0.4, -0.2) is 28.6 Å². The van der Waals surface area contributed by atoms with Crippen molar-refractivity contribution >= 4 is 57.6 Å². The number of halogens is 5. The largest absolute Gasteiger partial charge is 0.491 e. The van der Waals surface area contributed by atoms with Gasteiger partial charge in [0.05, 0.1) is 11.7 Å². The Morgan fingerprint density at radius 1 is 1.06 bits per heavy atom. The highest BCUT2D eigenvalue weighted by molar-refractivity contribution is 9.10. The van der Waals surface area contributed by atoms with Crippen LogP contribution in [0.25, 0.3) is 10.9 Å². The lowest BCUT2D eigenvalue weighted by Crippen LogP contribution is -2.31. The van der Waals surface area contributed by atoms with Gasteiger partial charge in [0.2, 0.25) is 0 Å². The molecular formula is C25H22BrCl2F2N3O3. The second kappa shape index (κ2) is 13.5. The van der Waals surface area contributed by atoms with Crippen molar-refractivity contribution in [3.8, 4) is 5.75 Å². The topological polar surface area (TPSA) is 87.3 Å². The fourth-order valence-electron chi connectivity index (χ4n) is 3.37. The second-order valence-corrected chi connectivity index (χ2v) is 8.32. The number of carbonyl (C=O) groups is 1. The molecule has 0 bridgehead atoms. The van der Waals surface area contributed by atoms with Gasteiger partial charge in [0.15, 0.2) is 5.82 Å². The van der Waals surface area contributed by atoms with Crippen LogP contribution in [0, 0.1) is 11.6 Å². The van der Waals surface area contributed by atoms with Gasteiger partial charge in [0.25, 0.3) is 0 Å². The summed E-state index contributed by atoms with van der Waals surface area (Å²) in [6.07, 6.45) is 1.39. The number of aromatic nitrogens is 2. The summed E-state index contributed by atoms with van der Waals surface area (Å²) in [4.78, 5) is 21.2. The molecule has 11 heteroatoms. The third kappa shape index (κ3) is 7.33. The van der Waals surface area contributed by atoms with E-state index in [-0.39, 0.29) is 59.3 Å². The molecule has 0 aliphatic rings. The Hall–Kier alpha value is -2.85. The van der Waals surface area contributed by atoms with Gasteiger partial charge in [-0.3, -0.25) is 4.98 Å². The number of hydrogen-bond donors (Lipinski definition) is 1.